The van der Waals surface area contributed by atoms with Crippen molar-refractivity contribution in [1.82, 2.24) is 19.8 Å². The third-order valence-corrected chi connectivity index (χ3v) is 5.60. The molecule has 0 unspecified atom stereocenters. The molecule has 2 N–H and O–H groups in total. The first kappa shape index (κ1) is 21.0. The fourth-order valence-corrected chi connectivity index (χ4v) is 4.02. The Balaban J connectivity index is 1.96. The molecule has 7 heteroatoms. The molecule has 1 aliphatic heterocycles. The minimum atomic E-state index is 0.0368. The molecule has 1 saturated heterocycles. The van der Waals surface area contributed by atoms with E-state index in [2.05, 4.69) is 14.9 Å². The Bertz CT molecular complexity index is 838. The van der Waals surface area contributed by atoms with Gasteiger partial charge in [0.05, 0.1) is 25.4 Å². The van der Waals surface area contributed by atoms with Gasteiger partial charge in [0, 0.05) is 24.8 Å². The third kappa shape index (κ3) is 4.85. The van der Waals surface area contributed by atoms with Crippen LogP contribution in [0.5, 0.6) is 5.75 Å². The smallest absolute Gasteiger partial charge is 0.236 e. The zero-order valence-electron chi connectivity index (χ0n) is 17.6. The predicted molar refractivity (Wildman–Crippen MR) is 115 cm³/mol. The molecule has 1 aliphatic rings. The number of hydrogen-bond donors (Lipinski definition) is 1. The molecule has 1 amide bonds. The number of anilines is 1. The highest BCUT2D eigenvalue weighted by atomic mass is 16.5. The molecular formula is C22H31N5O2. The van der Waals surface area contributed by atoms with Crippen molar-refractivity contribution in [2.75, 3.05) is 39.0 Å². The van der Waals surface area contributed by atoms with Crippen LogP contribution in [0.15, 0.2) is 30.5 Å². The number of nitrogen functional groups attached to an aromatic ring is 1. The number of aromatic nitrogens is 2. The summed E-state index contributed by atoms with van der Waals surface area (Å²) in [6.45, 7) is 6.75. The monoisotopic (exact) mass is 397 g/mol. The number of piperidine rings is 1. The van der Waals surface area contributed by atoms with E-state index in [1.165, 1.54) is 0 Å². The van der Waals surface area contributed by atoms with Gasteiger partial charge in [-0.15, -0.1) is 0 Å². The third-order valence-electron chi connectivity index (χ3n) is 5.60. The molecule has 1 aromatic heterocycles. The lowest BCUT2D eigenvalue weighted by molar-refractivity contribution is -0.133. The van der Waals surface area contributed by atoms with Gasteiger partial charge in [0.1, 0.15) is 5.75 Å². The number of carbonyl (C=O) groups is 1. The molecule has 29 heavy (non-hydrogen) atoms. The number of amides is 1. The molecule has 7 nitrogen and oxygen atoms in total. The van der Waals surface area contributed by atoms with Crippen molar-refractivity contribution in [3.05, 3.63) is 36.2 Å². The van der Waals surface area contributed by atoms with Crippen molar-refractivity contribution in [2.45, 2.75) is 39.2 Å². The number of nitrogens with zero attached hydrogens (tertiary/aromatic N) is 4. The molecule has 1 atom stereocenters. The Labute approximate surface area is 172 Å². The van der Waals surface area contributed by atoms with Gasteiger partial charge >= 0.3 is 0 Å². The number of methoxy groups -OCH3 is 1. The van der Waals surface area contributed by atoms with Crippen molar-refractivity contribution < 1.29 is 9.53 Å². The summed E-state index contributed by atoms with van der Waals surface area (Å²) in [6, 6.07) is 7.91. The maximum absolute atomic E-state index is 12.8. The Hall–Kier alpha value is -2.67. The number of carbonyl (C=O) groups excluding carboxylic acids is 1. The lowest BCUT2D eigenvalue weighted by Gasteiger charge is -2.36. The maximum Gasteiger partial charge on any atom is 0.236 e. The Morgan fingerprint density at radius 2 is 2.10 bits per heavy atom. The van der Waals surface area contributed by atoms with Crippen LogP contribution in [0.25, 0.3) is 11.1 Å². The summed E-state index contributed by atoms with van der Waals surface area (Å²) in [5.41, 5.74) is 8.77. The molecule has 0 bridgehead atoms. The number of ether oxygens (including phenoxy) is 1. The molecule has 0 radical (unpaired) electrons. The van der Waals surface area contributed by atoms with E-state index in [1.807, 2.05) is 43.0 Å². The van der Waals surface area contributed by atoms with Gasteiger partial charge in [-0.25, -0.2) is 9.97 Å². The quantitative estimate of drug-likeness (QED) is 0.773. The molecule has 1 fully saturated rings. The summed E-state index contributed by atoms with van der Waals surface area (Å²) in [5.74, 6) is 1.20. The van der Waals surface area contributed by atoms with Crippen molar-refractivity contribution in [3.63, 3.8) is 0 Å². The molecule has 156 valence electrons. The predicted octanol–water partition coefficient (Wildman–Crippen LogP) is 3.13. The topological polar surface area (TPSA) is 84.6 Å². The molecule has 3 rings (SSSR count). The van der Waals surface area contributed by atoms with Gasteiger partial charge in [0.25, 0.3) is 0 Å². The highest BCUT2D eigenvalue weighted by molar-refractivity contribution is 5.78. The average molecular weight is 398 g/mol. The van der Waals surface area contributed by atoms with Gasteiger partial charge in [-0.3, -0.25) is 9.69 Å². The molecule has 0 spiro atoms. The first-order valence-corrected chi connectivity index (χ1v) is 10.4. The van der Waals surface area contributed by atoms with Crippen LogP contribution in [-0.4, -0.2) is 59.0 Å². The molecular weight excluding hydrogens is 366 g/mol. The van der Waals surface area contributed by atoms with E-state index in [0.717, 1.165) is 61.5 Å². The van der Waals surface area contributed by atoms with Gasteiger partial charge in [-0.2, -0.15) is 0 Å². The lowest BCUT2D eigenvalue weighted by Crippen LogP contribution is -2.43. The van der Waals surface area contributed by atoms with Gasteiger partial charge in [0.2, 0.25) is 11.9 Å². The van der Waals surface area contributed by atoms with Crippen LogP contribution in [-0.2, 0) is 4.79 Å². The minimum absolute atomic E-state index is 0.0368. The van der Waals surface area contributed by atoms with Gasteiger partial charge in [-0.1, -0.05) is 18.6 Å². The van der Waals surface area contributed by atoms with Gasteiger partial charge in [0.15, 0.2) is 0 Å². The maximum atomic E-state index is 12.8. The standard InChI is InChI=1S/C22H31N5O2/c1-4-26(5-2)20(28)15-27-12-7-6-11-19(27)21-18(14-24-22(23)25-21)16-9-8-10-17(13-16)29-3/h8-10,13-14,19H,4-7,11-12,15H2,1-3H3,(H2,23,24,25)/t19-/m1/s1. The highest BCUT2D eigenvalue weighted by Crippen LogP contribution is 2.36. The fraction of sp³-hybridized carbons (Fsp3) is 0.500. The zero-order valence-corrected chi connectivity index (χ0v) is 17.6. The first-order chi connectivity index (χ1) is 14.1. The SMILES string of the molecule is CCN(CC)C(=O)CN1CCCC[C@@H]1c1nc(N)ncc1-c1cccc(OC)c1. The summed E-state index contributed by atoms with van der Waals surface area (Å²) < 4.78 is 5.38. The first-order valence-electron chi connectivity index (χ1n) is 10.4. The van der Waals surface area contributed by atoms with E-state index in [9.17, 15) is 4.79 Å². The van der Waals surface area contributed by atoms with Crippen LogP contribution in [0.3, 0.4) is 0 Å². The van der Waals surface area contributed by atoms with Crippen molar-refractivity contribution >= 4 is 11.9 Å². The summed E-state index contributed by atoms with van der Waals surface area (Å²) in [6.07, 6.45) is 4.91. The van der Waals surface area contributed by atoms with E-state index in [4.69, 9.17) is 10.5 Å². The Kier molecular flexibility index (Phi) is 7.04. The number of nitrogens with two attached hydrogens (primary N) is 1. The zero-order chi connectivity index (χ0) is 20.8. The molecule has 2 aromatic rings. The van der Waals surface area contributed by atoms with E-state index in [0.29, 0.717) is 6.54 Å². The average Bonchev–Trinajstić information content (AvgIpc) is 2.75. The van der Waals surface area contributed by atoms with Crippen LogP contribution in [0.1, 0.15) is 44.8 Å². The lowest BCUT2D eigenvalue weighted by atomic mass is 9.93. The summed E-state index contributed by atoms with van der Waals surface area (Å²) in [4.78, 5) is 25.8. The van der Waals surface area contributed by atoms with Gasteiger partial charge < -0.3 is 15.4 Å². The number of likely N-dealkylation sites (tertiary alicyclic amines) is 1. The second kappa shape index (κ2) is 9.69. The van der Waals surface area contributed by atoms with E-state index < -0.39 is 0 Å². The summed E-state index contributed by atoms with van der Waals surface area (Å²) in [5, 5.41) is 0. The van der Waals surface area contributed by atoms with E-state index >= 15 is 0 Å². The number of rotatable bonds is 7. The Morgan fingerprint density at radius 1 is 1.31 bits per heavy atom. The molecule has 2 heterocycles. The van der Waals surface area contributed by atoms with E-state index in [-0.39, 0.29) is 17.9 Å². The van der Waals surface area contributed by atoms with Crippen LogP contribution in [0.2, 0.25) is 0 Å². The van der Waals surface area contributed by atoms with Crippen LogP contribution < -0.4 is 10.5 Å². The van der Waals surface area contributed by atoms with Crippen molar-refractivity contribution in [1.29, 1.82) is 0 Å². The van der Waals surface area contributed by atoms with Crippen LogP contribution >= 0.6 is 0 Å². The second-order valence-electron chi connectivity index (χ2n) is 7.31. The highest BCUT2D eigenvalue weighted by Gasteiger charge is 2.30. The normalized spacial score (nSPS) is 17.1. The van der Waals surface area contributed by atoms with Crippen LogP contribution in [0.4, 0.5) is 5.95 Å². The number of likely N-dealkylation sites (N-methyl/N-ethyl adjacent to an activating group) is 1. The summed E-state index contributed by atoms with van der Waals surface area (Å²) >= 11 is 0. The Morgan fingerprint density at radius 3 is 2.83 bits per heavy atom. The fourth-order valence-electron chi connectivity index (χ4n) is 4.02. The van der Waals surface area contributed by atoms with Gasteiger partial charge in [-0.05, 0) is 50.9 Å². The molecule has 1 aromatic carbocycles. The second-order valence-corrected chi connectivity index (χ2v) is 7.31. The molecule has 0 aliphatic carbocycles. The number of benzene rings is 1. The van der Waals surface area contributed by atoms with Crippen molar-refractivity contribution in [3.8, 4) is 16.9 Å². The molecule has 0 saturated carbocycles. The number of hydrogen-bond acceptors (Lipinski definition) is 6. The van der Waals surface area contributed by atoms with E-state index in [1.54, 1.807) is 13.3 Å². The van der Waals surface area contributed by atoms with Crippen molar-refractivity contribution in [2.24, 2.45) is 0 Å². The largest absolute Gasteiger partial charge is 0.497 e. The van der Waals surface area contributed by atoms with Crippen LogP contribution in [0, 0.1) is 0 Å². The summed E-state index contributed by atoms with van der Waals surface area (Å²) in [7, 11) is 1.65. The minimum Gasteiger partial charge on any atom is -0.497 e.